The number of nitrogens with one attached hydrogen (secondary N) is 1. The largest absolute Gasteiger partial charge is 0.481 e. The zero-order valence-corrected chi connectivity index (χ0v) is 14.0. The van der Waals surface area contributed by atoms with Gasteiger partial charge in [0.15, 0.2) is 0 Å². The predicted molar refractivity (Wildman–Crippen MR) is 89.7 cm³/mol. The average Bonchev–Trinajstić information content (AvgIpc) is 2.50. The minimum absolute atomic E-state index is 0.108. The van der Waals surface area contributed by atoms with Crippen LogP contribution >= 0.6 is 0 Å². The van der Waals surface area contributed by atoms with Crippen LogP contribution in [0.15, 0.2) is 47.4 Å². The van der Waals surface area contributed by atoms with Crippen molar-refractivity contribution in [2.45, 2.75) is 25.2 Å². The summed E-state index contributed by atoms with van der Waals surface area (Å²) in [5.41, 5.74) is 0. The first-order chi connectivity index (χ1) is 10.8. The lowest BCUT2D eigenvalue weighted by Gasteiger charge is -2.15. The fourth-order valence-electron chi connectivity index (χ4n) is 2.47. The summed E-state index contributed by atoms with van der Waals surface area (Å²) < 4.78 is 27.2. The Morgan fingerprint density at radius 3 is 2.39 bits per heavy atom. The smallest absolute Gasteiger partial charge is 0.307 e. The van der Waals surface area contributed by atoms with Gasteiger partial charge in [0.2, 0.25) is 10.0 Å². The minimum atomic E-state index is -3.73. The normalized spacial score (nSPS) is 13.3. The molecule has 0 aliphatic carbocycles. The molecule has 0 radical (unpaired) electrons. The van der Waals surface area contributed by atoms with E-state index >= 15 is 0 Å². The lowest BCUT2D eigenvalue weighted by atomic mass is 9.98. The number of benzene rings is 2. The van der Waals surface area contributed by atoms with E-state index < -0.39 is 21.9 Å². The summed E-state index contributed by atoms with van der Waals surface area (Å²) in [4.78, 5) is 11.4. The Labute approximate surface area is 136 Å². The van der Waals surface area contributed by atoms with Crippen molar-refractivity contribution in [3.63, 3.8) is 0 Å². The van der Waals surface area contributed by atoms with Crippen molar-refractivity contribution < 1.29 is 18.3 Å². The molecule has 0 amide bonds. The molecule has 0 aromatic heterocycles. The Morgan fingerprint density at radius 1 is 1.13 bits per heavy atom. The van der Waals surface area contributed by atoms with Crippen LogP contribution in [0.1, 0.15) is 20.3 Å². The van der Waals surface area contributed by atoms with Gasteiger partial charge in [-0.05, 0) is 35.2 Å². The average molecular weight is 335 g/mol. The van der Waals surface area contributed by atoms with Crippen molar-refractivity contribution in [3.05, 3.63) is 42.5 Å². The fourth-order valence-corrected chi connectivity index (χ4v) is 3.59. The molecule has 0 saturated carbocycles. The number of fused-ring (bicyclic) bond motifs is 1. The molecule has 2 N–H and O–H groups in total. The maximum absolute atomic E-state index is 12.4. The van der Waals surface area contributed by atoms with Gasteiger partial charge >= 0.3 is 5.97 Å². The highest BCUT2D eigenvalue weighted by atomic mass is 32.2. The van der Waals surface area contributed by atoms with Crippen LogP contribution in [0.4, 0.5) is 0 Å². The Hall–Kier alpha value is -1.92. The fraction of sp³-hybridized carbons (Fsp3) is 0.353. The number of rotatable bonds is 7. The van der Waals surface area contributed by atoms with Crippen LogP contribution in [0.3, 0.4) is 0 Å². The van der Waals surface area contributed by atoms with Crippen LogP contribution in [0.5, 0.6) is 0 Å². The number of hydrogen-bond donors (Lipinski definition) is 2. The number of hydrogen-bond acceptors (Lipinski definition) is 3. The minimum Gasteiger partial charge on any atom is -0.481 e. The zero-order valence-electron chi connectivity index (χ0n) is 13.2. The summed E-state index contributed by atoms with van der Waals surface area (Å²) >= 11 is 0. The molecule has 0 spiro atoms. The highest BCUT2D eigenvalue weighted by Crippen LogP contribution is 2.19. The molecule has 0 heterocycles. The topological polar surface area (TPSA) is 83.5 Å². The molecule has 6 heteroatoms. The second-order valence-corrected chi connectivity index (χ2v) is 7.79. The molecule has 0 saturated heterocycles. The number of sulfonamides is 1. The number of carboxylic acids is 1. The molecule has 124 valence electrons. The summed E-state index contributed by atoms with van der Waals surface area (Å²) in [5.74, 6) is -1.54. The van der Waals surface area contributed by atoms with Gasteiger partial charge in [0.1, 0.15) is 0 Å². The van der Waals surface area contributed by atoms with Gasteiger partial charge in [0, 0.05) is 6.54 Å². The Morgan fingerprint density at radius 2 is 1.78 bits per heavy atom. The quantitative estimate of drug-likeness (QED) is 0.815. The zero-order chi connectivity index (χ0) is 17.0. The van der Waals surface area contributed by atoms with E-state index in [9.17, 15) is 18.3 Å². The second kappa shape index (κ2) is 7.10. The predicted octanol–water partition coefficient (Wildman–Crippen LogP) is 2.87. The molecule has 1 atom stereocenters. The first-order valence-electron chi connectivity index (χ1n) is 7.51. The molecule has 2 aromatic rings. The molecule has 0 bridgehead atoms. The first kappa shape index (κ1) is 17.4. The number of carboxylic acid groups (broad SMARTS) is 1. The third-order valence-electron chi connectivity index (χ3n) is 3.66. The van der Waals surface area contributed by atoms with E-state index in [0.717, 1.165) is 10.8 Å². The van der Waals surface area contributed by atoms with Gasteiger partial charge in [-0.3, -0.25) is 4.79 Å². The van der Waals surface area contributed by atoms with E-state index in [1.54, 1.807) is 12.1 Å². The van der Waals surface area contributed by atoms with E-state index in [1.807, 2.05) is 38.1 Å². The Balaban J connectivity index is 2.18. The molecule has 2 rings (SSSR count). The third-order valence-corrected chi connectivity index (χ3v) is 5.08. The molecule has 0 aliphatic heterocycles. The Kier molecular flexibility index (Phi) is 5.38. The summed E-state index contributed by atoms with van der Waals surface area (Å²) in [6, 6.07) is 12.3. The highest BCUT2D eigenvalue weighted by Gasteiger charge is 2.22. The summed E-state index contributed by atoms with van der Waals surface area (Å²) in [6.45, 7) is 3.71. The molecular formula is C17H21NO4S. The number of carbonyl (C=O) groups is 1. The van der Waals surface area contributed by atoms with Crippen molar-refractivity contribution in [1.82, 2.24) is 4.72 Å². The van der Waals surface area contributed by atoms with Gasteiger partial charge in [-0.2, -0.15) is 0 Å². The van der Waals surface area contributed by atoms with Gasteiger partial charge in [0.05, 0.1) is 10.8 Å². The van der Waals surface area contributed by atoms with Crippen molar-refractivity contribution in [2.24, 2.45) is 11.8 Å². The summed E-state index contributed by atoms with van der Waals surface area (Å²) in [6.07, 6.45) is 0.426. The molecule has 0 aliphatic rings. The first-order valence-corrected chi connectivity index (χ1v) is 8.99. The van der Waals surface area contributed by atoms with Crippen LogP contribution in [0.2, 0.25) is 0 Å². The third kappa shape index (κ3) is 4.53. The standard InChI is InChI=1S/C17H21NO4S/c1-12(2)9-15(17(19)20)11-18-23(21,22)16-8-7-13-5-3-4-6-14(13)10-16/h3-8,10,12,15,18H,9,11H2,1-2H3,(H,19,20). The van der Waals surface area contributed by atoms with Crippen LogP contribution in [0, 0.1) is 11.8 Å². The molecule has 1 unspecified atom stereocenters. The van der Waals surface area contributed by atoms with Crippen LogP contribution in [0.25, 0.3) is 10.8 Å². The highest BCUT2D eigenvalue weighted by molar-refractivity contribution is 7.89. The Bertz CT molecular complexity index is 799. The summed E-state index contributed by atoms with van der Waals surface area (Å²) in [5, 5.41) is 11.0. The molecule has 2 aromatic carbocycles. The van der Waals surface area contributed by atoms with E-state index in [0.29, 0.717) is 6.42 Å². The van der Waals surface area contributed by atoms with Gasteiger partial charge in [-0.25, -0.2) is 13.1 Å². The van der Waals surface area contributed by atoms with Crippen LogP contribution in [-0.2, 0) is 14.8 Å². The molecule has 5 nitrogen and oxygen atoms in total. The van der Waals surface area contributed by atoms with E-state index in [1.165, 1.54) is 6.07 Å². The van der Waals surface area contributed by atoms with Crippen molar-refractivity contribution in [1.29, 1.82) is 0 Å². The van der Waals surface area contributed by atoms with Crippen molar-refractivity contribution >= 4 is 26.8 Å². The van der Waals surface area contributed by atoms with Gasteiger partial charge in [-0.1, -0.05) is 44.2 Å². The van der Waals surface area contributed by atoms with Gasteiger partial charge in [0.25, 0.3) is 0 Å². The van der Waals surface area contributed by atoms with Gasteiger partial charge < -0.3 is 5.11 Å². The van der Waals surface area contributed by atoms with E-state index in [4.69, 9.17) is 0 Å². The summed E-state index contributed by atoms with van der Waals surface area (Å²) in [7, 11) is -3.73. The van der Waals surface area contributed by atoms with E-state index in [2.05, 4.69) is 4.72 Å². The SMILES string of the molecule is CC(C)CC(CNS(=O)(=O)c1ccc2ccccc2c1)C(=O)O. The number of aliphatic carboxylic acids is 1. The van der Waals surface area contributed by atoms with Crippen molar-refractivity contribution in [2.75, 3.05) is 6.54 Å². The maximum atomic E-state index is 12.4. The molecular weight excluding hydrogens is 314 g/mol. The molecule has 0 fully saturated rings. The van der Waals surface area contributed by atoms with Crippen LogP contribution < -0.4 is 4.72 Å². The van der Waals surface area contributed by atoms with Crippen LogP contribution in [-0.4, -0.2) is 26.0 Å². The lowest BCUT2D eigenvalue weighted by Crippen LogP contribution is -2.33. The van der Waals surface area contributed by atoms with Crippen molar-refractivity contribution in [3.8, 4) is 0 Å². The monoisotopic (exact) mass is 335 g/mol. The van der Waals surface area contributed by atoms with E-state index in [-0.39, 0.29) is 17.4 Å². The maximum Gasteiger partial charge on any atom is 0.307 e. The molecule has 23 heavy (non-hydrogen) atoms. The van der Waals surface area contributed by atoms with Gasteiger partial charge in [-0.15, -0.1) is 0 Å². The lowest BCUT2D eigenvalue weighted by molar-refractivity contribution is -0.142. The second-order valence-electron chi connectivity index (χ2n) is 6.03.